The number of para-hydroxylation sites is 1. The highest BCUT2D eigenvalue weighted by Gasteiger charge is 2.28. The fourth-order valence-corrected chi connectivity index (χ4v) is 1.27. The zero-order valence-corrected chi connectivity index (χ0v) is 8.41. The molecule has 1 aromatic carbocycles. The molecule has 0 heterocycles. The highest BCUT2D eigenvalue weighted by Crippen LogP contribution is 2.32. The Morgan fingerprint density at radius 3 is 2.31 bits per heavy atom. The molecule has 1 rings (SSSR count). The number of hydrogen-bond acceptors (Lipinski definition) is 2. The van der Waals surface area contributed by atoms with Crippen LogP contribution in [0.15, 0.2) is 24.3 Å². The van der Waals surface area contributed by atoms with Gasteiger partial charge in [-0.2, -0.15) is 0 Å². The van der Waals surface area contributed by atoms with Gasteiger partial charge in [-0.05, 0) is 18.9 Å². The van der Waals surface area contributed by atoms with Crippen LogP contribution in [0.5, 0.6) is 0 Å². The molecular weight excluding hydrogens is 162 g/mol. The minimum Gasteiger partial charge on any atom is -0.398 e. The van der Waals surface area contributed by atoms with Crippen molar-refractivity contribution >= 4 is 5.69 Å². The van der Waals surface area contributed by atoms with Crippen LogP contribution < -0.4 is 5.73 Å². The Morgan fingerprint density at radius 2 is 1.85 bits per heavy atom. The van der Waals surface area contributed by atoms with Crippen LogP contribution in [0, 0.1) is 5.92 Å². The maximum atomic E-state index is 10.2. The summed E-state index contributed by atoms with van der Waals surface area (Å²) in [4.78, 5) is 0. The van der Waals surface area contributed by atoms with Crippen LogP contribution in [0.4, 0.5) is 5.69 Å². The highest BCUT2D eigenvalue weighted by molar-refractivity contribution is 5.49. The molecule has 2 nitrogen and oxygen atoms in total. The summed E-state index contributed by atoms with van der Waals surface area (Å²) in [5.74, 6) is 0.150. The Balaban J connectivity index is 3.14. The van der Waals surface area contributed by atoms with Crippen molar-refractivity contribution in [2.45, 2.75) is 26.4 Å². The quantitative estimate of drug-likeness (QED) is 0.683. The van der Waals surface area contributed by atoms with Gasteiger partial charge in [0.2, 0.25) is 0 Å². The summed E-state index contributed by atoms with van der Waals surface area (Å²) in [5, 5.41) is 10.2. The molecule has 0 radical (unpaired) electrons. The number of benzene rings is 1. The lowest BCUT2D eigenvalue weighted by Gasteiger charge is -2.29. The number of aliphatic hydroxyl groups is 1. The molecule has 0 aromatic heterocycles. The molecule has 0 saturated carbocycles. The zero-order valence-electron chi connectivity index (χ0n) is 8.41. The van der Waals surface area contributed by atoms with Crippen molar-refractivity contribution in [2.24, 2.45) is 5.92 Å². The predicted octanol–water partition coefficient (Wildman–Crippen LogP) is 2.13. The van der Waals surface area contributed by atoms with Crippen molar-refractivity contribution in [3.8, 4) is 0 Å². The number of rotatable bonds is 2. The second-order valence-electron chi connectivity index (χ2n) is 3.89. The van der Waals surface area contributed by atoms with E-state index in [0.29, 0.717) is 5.69 Å². The second-order valence-corrected chi connectivity index (χ2v) is 3.89. The van der Waals surface area contributed by atoms with Gasteiger partial charge in [-0.25, -0.2) is 0 Å². The number of anilines is 1. The molecule has 0 spiro atoms. The van der Waals surface area contributed by atoms with Crippen LogP contribution >= 0.6 is 0 Å². The summed E-state index contributed by atoms with van der Waals surface area (Å²) in [5.41, 5.74) is 6.41. The van der Waals surface area contributed by atoms with Crippen LogP contribution in [0.25, 0.3) is 0 Å². The minimum absolute atomic E-state index is 0.150. The topological polar surface area (TPSA) is 46.2 Å². The fourth-order valence-electron chi connectivity index (χ4n) is 1.27. The average Bonchev–Trinajstić information content (AvgIpc) is 2.04. The van der Waals surface area contributed by atoms with Crippen molar-refractivity contribution in [1.29, 1.82) is 0 Å². The third-order valence-electron chi connectivity index (χ3n) is 2.63. The van der Waals surface area contributed by atoms with E-state index < -0.39 is 5.60 Å². The van der Waals surface area contributed by atoms with E-state index in [2.05, 4.69) is 0 Å². The average molecular weight is 179 g/mol. The maximum absolute atomic E-state index is 10.2. The first-order chi connectivity index (χ1) is 5.96. The van der Waals surface area contributed by atoms with Gasteiger partial charge in [0.1, 0.15) is 0 Å². The lowest BCUT2D eigenvalue weighted by atomic mass is 9.84. The van der Waals surface area contributed by atoms with Crippen LogP contribution in [0.2, 0.25) is 0 Å². The Bertz CT molecular complexity index is 292. The molecule has 72 valence electrons. The molecule has 13 heavy (non-hydrogen) atoms. The lowest BCUT2D eigenvalue weighted by molar-refractivity contribution is 0.00978. The van der Waals surface area contributed by atoms with Crippen LogP contribution in [0.3, 0.4) is 0 Å². The van der Waals surface area contributed by atoms with Gasteiger partial charge in [0.05, 0.1) is 5.60 Å². The van der Waals surface area contributed by atoms with Crippen molar-refractivity contribution in [3.05, 3.63) is 29.8 Å². The molecule has 1 aromatic rings. The van der Waals surface area contributed by atoms with Gasteiger partial charge in [-0.1, -0.05) is 32.0 Å². The molecular formula is C11H17NO. The highest BCUT2D eigenvalue weighted by atomic mass is 16.3. The smallest absolute Gasteiger partial charge is 0.0911 e. The number of nitrogens with two attached hydrogens (primary N) is 1. The Kier molecular flexibility index (Phi) is 2.62. The van der Waals surface area contributed by atoms with E-state index in [9.17, 15) is 5.11 Å². The molecule has 2 heteroatoms. The first-order valence-corrected chi connectivity index (χ1v) is 4.53. The standard InChI is InChI=1S/C11H17NO/c1-8(2)11(3,13)9-6-4-5-7-10(9)12/h4-8,13H,12H2,1-3H3. The minimum atomic E-state index is -0.842. The molecule has 0 saturated heterocycles. The van der Waals surface area contributed by atoms with Gasteiger partial charge in [-0.3, -0.25) is 0 Å². The van der Waals surface area contributed by atoms with Crippen molar-refractivity contribution in [1.82, 2.24) is 0 Å². The first kappa shape index (κ1) is 10.1. The molecule has 3 N–H and O–H groups in total. The lowest BCUT2D eigenvalue weighted by Crippen LogP contribution is -2.28. The van der Waals surface area contributed by atoms with Crippen LogP contribution in [-0.2, 0) is 5.60 Å². The Morgan fingerprint density at radius 1 is 1.31 bits per heavy atom. The zero-order chi connectivity index (χ0) is 10.1. The van der Waals surface area contributed by atoms with Crippen LogP contribution in [0.1, 0.15) is 26.3 Å². The summed E-state index contributed by atoms with van der Waals surface area (Å²) < 4.78 is 0. The van der Waals surface area contributed by atoms with E-state index in [0.717, 1.165) is 5.56 Å². The van der Waals surface area contributed by atoms with Gasteiger partial charge in [-0.15, -0.1) is 0 Å². The largest absolute Gasteiger partial charge is 0.398 e. The summed E-state index contributed by atoms with van der Waals surface area (Å²) >= 11 is 0. The summed E-state index contributed by atoms with van der Waals surface area (Å²) in [6, 6.07) is 7.44. The molecule has 0 aliphatic heterocycles. The second kappa shape index (κ2) is 3.38. The molecule has 0 bridgehead atoms. The Hall–Kier alpha value is -1.02. The van der Waals surface area contributed by atoms with Crippen molar-refractivity contribution < 1.29 is 5.11 Å². The summed E-state index contributed by atoms with van der Waals surface area (Å²) in [6.45, 7) is 5.75. The Labute approximate surface area is 79.4 Å². The van der Waals surface area contributed by atoms with Gasteiger partial charge < -0.3 is 10.8 Å². The van der Waals surface area contributed by atoms with Gasteiger partial charge in [0, 0.05) is 11.3 Å². The molecule has 0 fully saturated rings. The van der Waals surface area contributed by atoms with E-state index in [1.165, 1.54) is 0 Å². The predicted molar refractivity (Wildman–Crippen MR) is 55.3 cm³/mol. The fraction of sp³-hybridized carbons (Fsp3) is 0.455. The maximum Gasteiger partial charge on any atom is 0.0911 e. The number of hydrogen-bond donors (Lipinski definition) is 2. The monoisotopic (exact) mass is 179 g/mol. The van der Waals surface area contributed by atoms with Gasteiger partial charge in [0.25, 0.3) is 0 Å². The first-order valence-electron chi connectivity index (χ1n) is 4.53. The molecule has 1 unspecified atom stereocenters. The number of nitrogen functional groups attached to an aromatic ring is 1. The van der Waals surface area contributed by atoms with Crippen molar-refractivity contribution in [2.75, 3.05) is 5.73 Å². The molecule has 0 amide bonds. The normalized spacial score (nSPS) is 15.8. The SMILES string of the molecule is CC(C)C(C)(O)c1ccccc1N. The van der Waals surface area contributed by atoms with E-state index >= 15 is 0 Å². The van der Waals surface area contributed by atoms with Crippen LogP contribution in [-0.4, -0.2) is 5.11 Å². The van der Waals surface area contributed by atoms with Gasteiger partial charge in [0.15, 0.2) is 0 Å². The molecule has 1 atom stereocenters. The van der Waals surface area contributed by atoms with Gasteiger partial charge >= 0.3 is 0 Å². The third kappa shape index (κ3) is 1.83. The van der Waals surface area contributed by atoms with E-state index in [4.69, 9.17) is 5.73 Å². The third-order valence-corrected chi connectivity index (χ3v) is 2.63. The van der Waals surface area contributed by atoms with Crippen molar-refractivity contribution in [3.63, 3.8) is 0 Å². The van der Waals surface area contributed by atoms with E-state index in [-0.39, 0.29) is 5.92 Å². The molecule has 0 aliphatic rings. The summed E-state index contributed by atoms with van der Waals surface area (Å²) in [6.07, 6.45) is 0. The van der Waals surface area contributed by atoms with E-state index in [1.807, 2.05) is 38.1 Å². The van der Waals surface area contributed by atoms with E-state index in [1.54, 1.807) is 6.92 Å². The summed E-state index contributed by atoms with van der Waals surface area (Å²) in [7, 11) is 0. The molecule has 0 aliphatic carbocycles.